The molecule has 0 spiro atoms. The van der Waals surface area contributed by atoms with Crippen LogP contribution in [0, 0.1) is 11.2 Å². The summed E-state index contributed by atoms with van der Waals surface area (Å²) in [5, 5.41) is 3.44. The molecular weight excluding hydrogens is 255 g/mol. The highest BCUT2D eigenvalue weighted by Gasteiger charge is 2.35. The fourth-order valence-electron chi connectivity index (χ4n) is 2.94. The Morgan fingerprint density at radius 3 is 2.95 bits per heavy atom. The van der Waals surface area contributed by atoms with Crippen LogP contribution in [0.3, 0.4) is 0 Å². The minimum atomic E-state index is -0.164. The highest BCUT2D eigenvalue weighted by atomic mass is 19.1. The van der Waals surface area contributed by atoms with Crippen LogP contribution >= 0.6 is 0 Å². The van der Waals surface area contributed by atoms with Crippen molar-refractivity contribution >= 4 is 0 Å². The maximum Gasteiger partial charge on any atom is 0.123 e. The number of ether oxygens (including phenoxy) is 1. The number of hydrogen-bond acceptors (Lipinski definition) is 3. The third kappa shape index (κ3) is 4.27. The molecule has 0 amide bonds. The number of benzene rings is 1. The van der Waals surface area contributed by atoms with Crippen LogP contribution in [0.15, 0.2) is 24.3 Å². The molecule has 1 heterocycles. The van der Waals surface area contributed by atoms with Gasteiger partial charge in [-0.2, -0.15) is 0 Å². The van der Waals surface area contributed by atoms with Gasteiger partial charge in [-0.25, -0.2) is 4.39 Å². The molecule has 0 bridgehead atoms. The quantitative estimate of drug-likeness (QED) is 0.829. The Kier molecular flexibility index (Phi) is 5.52. The van der Waals surface area contributed by atoms with Gasteiger partial charge >= 0.3 is 0 Å². The van der Waals surface area contributed by atoms with Crippen LogP contribution in [0.2, 0.25) is 0 Å². The fraction of sp³-hybridized carbons (Fsp3) is 0.625. The molecule has 1 aliphatic rings. The van der Waals surface area contributed by atoms with E-state index < -0.39 is 0 Å². The zero-order chi connectivity index (χ0) is 14.4. The molecule has 112 valence electrons. The summed E-state index contributed by atoms with van der Waals surface area (Å²) in [6, 6.07) is 6.84. The molecule has 1 N–H and O–H groups in total. The maximum atomic E-state index is 13.2. The number of hydrogen-bond donors (Lipinski definition) is 1. The first-order chi connectivity index (χ1) is 9.63. The topological polar surface area (TPSA) is 24.5 Å². The van der Waals surface area contributed by atoms with Crippen molar-refractivity contribution < 1.29 is 9.13 Å². The Bertz CT molecular complexity index is 419. The van der Waals surface area contributed by atoms with Crippen LogP contribution in [0.4, 0.5) is 4.39 Å². The van der Waals surface area contributed by atoms with E-state index in [0.717, 1.165) is 51.4 Å². The van der Waals surface area contributed by atoms with Gasteiger partial charge in [0.1, 0.15) is 5.82 Å². The molecule has 0 aliphatic carbocycles. The molecule has 1 aliphatic heterocycles. The Morgan fingerprint density at radius 1 is 1.45 bits per heavy atom. The lowest BCUT2D eigenvalue weighted by Crippen LogP contribution is -2.43. The molecule has 0 aromatic heterocycles. The fourth-order valence-corrected chi connectivity index (χ4v) is 2.94. The first-order valence-corrected chi connectivity index (χ1v) is 7.35. The smallest absolute Gasteiger partial charge is 0.123 e. The standard InChI is InChI=1S/C16H25FN2O/c1-3-18-11-16(7-8-20-13-16)12-19(2)10-14-5-4-6-15(17)9-14/h4-6,9,18H,3,7-8,10-13H2,1-2H3. The summed E-state index contributed by atoms with van der Waals surface area (Å²) < 4.78 is 18.8. The molecular formula is C16H25FN2O. The summed E-state index contributed by atoms with van der Waals surface area (Å²) in [6.45, 7) is 7.49. The lowest BCUT2D eigenvalue weighted by atomic mass is 9.86. The van der Waals surface area contributed by atoms with Gasteiger partial charge in [0, 0.05) is 31.7 Å². The second-order valence-electron chi connectivity index (χ2n) is 5.89. The van der Waals surface area contributed by atoms with Gasteiger partial charge in [-0.05, 0) is 37.7 Å². The van der Waals surface area contributed by atoms with E-state index in [2.05, 4.69) is 24.2 Å². The minimum absolute atomic E-state index is 0.164. The van der Waals surface area contributed by atoms with Crippen molar-refractivity contribution in [1.29, 1.82) is 0 Å². The van der Waals surface area contributed by atoms with Gasteiger partial charge < -0.3 is 15.0 Å². The molecule has 1 atom stereocenters. The Morgan fingerprint density at radius 2 is 2.30 bits per heavy atom. The number of rotatable bonds is 7. The molecule has 2 rings (SSSR count). The summed E-state index contributed by atoms with van der Waals surface area (Å²) in [4.78, 5) is 2.26. The second kappa shape index (κ2) is 7.16. The highest BCUT2D eigenvalue weighted by Crippen LogP contribution is 2.29. The Labute approximate surface area is 121 Å². The van der Waals surface area contributed by atoms with Gasteiger partial charge in [-0.15, -0.1) is 0 Å². The molecule has 1 aromatic rings. The number of nitrogens with zero attached hydrogens (tertiary/aromatic N) is 1. The number of halogens is 1. The van der Waals surface area contributed by atoms with Gasteiger partial charge in [0.2, 0.25) is 0 Å². The van der Waals surface area contributed by atoms with Crippen molar-refractivity contribution in [2.45, 2.75) is 19.9 Å². The molecule has 0 radical (unpaired) electrons. The van der Waals surface area contributed by atoms with Gasteiger partial charge in [0.15, 0.2) is 0 Å². The van der Waals surface area contributed by atoms with E-state index >= 15 is 0 Å². The summed E-state index contributed by atoms with van der Waals surface area (Å²) in [6.07, 6.45) is 1.09. The van der Waals surface area contributed by atoms with Crippen molar-refractivity contribution in [3.8, 4) is 0 Å². The first-order valence-electron chi connectivity index (χ1n) is 7.35. The van der Waals surface area contributed by atoms with E-state index in [1.54, 1.807) is 12.1 Å². The molecule has 1 saturated heterocycles. The SMILES string of the molecule is CCNCC1(CN(C)Cc2cccc(F)c2)CCOC1. The zero-order valence-corrected chi connectivity index (χ0v) is 12.5. The predicted octanol–water partition coefficient (Wildman–Crippen LogP) is 2.27. The number of nitrogens with one attached hydrogen (secondary N) is 1. The van der Waals surface area contributed by atoms with Gasteiger partial charge in [0.05, 0.1) is 6.61 Å². The van der Waals surface area contributed by atoms with Gasteiger partial charge in [-0.3, -0.25) is 0 Å². The normalized spacial score (nSPS) is 22.6. The third-order valence-electron chi connectivity index (χ3n) is 3.88. The van der Waals surface area contributed by atoms with E-state index in [-0.39, 0.29) is 11.2 Å². The molecule has 3 nitrogen and oxygen atoms in total. The molecule has 1 unspecified atom stereocenters. The molecule has 4 heteroatoms. The maximum absolute atomic E-state index is 13.2. The molecule has 20 heavy (non-hydrogen) atoms. The van der Waals surface area contributed by atoms with Crippen molar-refractivity contribution in [1.82, 2.24) is 10.2 Å². The Balaban J connectivity index is 1.93. The van der Waals surface area contributed by atoms with Crippen molar-refractivity contribution in [3.63, 3.8) is 0 Å². The summed E-state index contributed by atoms with van der Waals surface area (Å²) in [7, 11) is 2.09. The van der Waals surface area contributed by atoms with E-state index in [1.807, 2.05) is 6.07 Å². The summed E-state index contributed by atoms with van der Waals surface area (Å²) in [5.41, 5.74) is 1.21. The minimum Gasteiger partial charge on any atom is -0.381 e. The molecule has 1 fully saturated rings. The first kappa shape index (κ1) is 15.4. The third-order valence-corrected chi connectivity index (χ3v) is 3.88. The van der Waals surface area contributed by atoms with Crippen molar-refractivity contribution in [2.24, 2.45) is 5.41 Å². The van der Waals surface area contributed by atoms with Crippen molar-refractivity contribution in [3.05, 3.63) is 35.6 Å². The van der Waals surface area contributed by atoms with Gasteiger partial charge in [0.25, 0.3) is 0 Å². The predicted molar refractivity (Wildman–Crippen MR) is 79.1 cm³/mol. The highest BCUT2D eigenvalue weighted by molar-refractivity contribution is 5.16. The van der Waals surface area contributed by atoms with E-state index in [1.165, 1.54) is 6.07 Å². The summed E-state index contributed by atoms with van der Waals surface area (Å²) >= 11 is 0. The Hall–Kier alpha value is -0.970. The zero-order valence-electron chi connectivity index (χ0n) is 12.5. The lowest BCUT2D eigenvalue weighted by molar-refractivity contribution is 0.117. The van der Waals surface area contributed by atoms with Crippen LogP contribution in [-0.4, -0.2) is 44.8 Å². The van der Waals surface area contributed by atoms with E-state index in [9.17, 15) is 4.39 Å². The summed E-state index contributed by atoms with van der Waals surface area (Å²) in [5.74, 6) is -0.164. The average molecular weight is 280 g/mol. The van der Waals surface area contributed by atoms with Crippen LogP contribution in [0.1, 0.15) is 18.9 Å². The second-order valence-corrected chi connectivity index (χ2v) is 5.89. The van der Waals surface area contributed by atoms with Crippen molar-refractivity contribution in [2.75, 3.05) is 39.9 Å². The van der Waals surface area contributed by atoms with Crippen LogP contribution in [-0.2, 0) is 11.3 Å². The molecule has 1 aromatic carbocycles. The van der Waals surface area contributed by atoms with Crippen LogP contribution in [0.5, 0.6) is 0 Å². The monoisotopic (exact) mass is 280 g/mol. The largest absolute Gasteiger partial charge is 0.381 e. The van der Waals surface area contributed by atoms with E-state index in [0.29, 0.717) is 0 Å². The average Bonchev–Trinajstić information content (AvgIpc) is 2.85. The van der Waals surface area contributed by atoms with Crippen LogP contribution < -0.4 is 5.32 Å². The van der Waals surface area contributed by atoms with Gasteiger partial charge in [-0.1, -0.05) is 19.1 Å². The molecule has 0 saturated carbocycles. The van der Waals surface area contributed by atoms with Crippen LogP contribution in [0.25, 0.3) is 0 Å². The van der Waals surface area contributed by atoms with E-state index in [4.69, 9.17) is 4.74 Å². The lowest BCUT2D eigenvalue weighted by Gasteiger charge is -2.32.